The lowest BCUT2D eigenvalue weighted by Crippen LogP contribution is -2.19. The summed E-state index contributed by atoms with van der Waals surface area (Å²) in [5.74, 6) is 0. The summed E-state index contributed by atoms with van der Waals surface area (Å²) in [7, 11) is 0. The first kappa shape index (κ1) is 8.87. The van der Waals surface area contributed by atoms with Crippen LogP contribution in [0.2, 0.25) is 5.02 Å². The molecule has 0 aliphatic heterocycles. The van der Waals surface area contributed by atoms with E-state index in [4.69, 9.17) is 17.3 Å². The minimum Gasteiger partial charge on any atom is -0.351 e. The van der Waals surface area contributed by atoms with Crippen LogP contribution in [-0.2, 0) is 0 Å². The Balaban J connectivity index is 2.93. The maximum Gasteiger partial charge on any atom is 0.316 e. The van der Waals surface area contributed by atoms with Crippen LogP contribution in [0.3, 0.4) is 0 Å². The van der Waals surface area contributed by atoms with Crippen molar-refractivity contribution in [3.63, 3.8) is 0 Å². The number of nitrogens with two attached hydrogens (primary N) is 1. The van der Waals surface area contributed by atoms with Gasteiger partial charge in [-0.2, -0.15) is 0 Å². The molecule has 0 fully saturated rings. The van der Waals surface area contributed by atoms with E-state index < -0.39 is 6.03 Å². The van der Waals surface area contributed by atoms with Gasteiger partial charge in [0.1, 0.15) is 0 Å². The number of halogens is 1. The molecule has 0 spiro atoms. The number of benzene rings is 1. The summed E-state index contributed by atoms with van der Waals surface area (Å²) in [6, 6.07) is 4.64. The largest absolute Gasteiger partial charge is 0.351 e. The molecule has 1 aromatic carbocycles. The molecule has 0 bridgehead atoms. The Morgan fingerprint density at radius 1 is 1.50 bits per heavy atom. The van der Waals surface area contributed by atoms with Gasteiger partial charge in [-0.05, 0) is 30.7 Å². The molecule has 0 aromatic heterocycles. The van der Waals surface area contributed by atoms with Gasteiger partial charge < -0.3 is 11.1 Å². The summed E-state index contributed by atoms with van der Waals surface area (Å²) in [5.41, 5.74) is 6.53. The van der Waals surface area contributed by atoms with E-state index in [-0.39, 0.29) is 0 Å². The lowest BCUT2D eigenvalue weighted by atomic mass is 10.2. The first-order chi connectivity index (χ1) is 5.58. The van der Waals surface area contributed by atoms with Gasteiger partial charge in [0.15, 0.2) is 0 Å². The summed E-state index contributed by atoms with van der Waals surface area (Å²) in [6.07, 6.45) is 0. The highest BCUT2D eigenvalue weighted by Crippen LogP contribution is 2.17. The number of amides is 2. The predicted octanol–water partition coefficient (Wildman–Crippen LogP) is 2.14. The Hall–Kier alpha value is -1.22. The predicted molar refractivity (Wildman–Crippen MR) is 49.4 cm³/mol. The van der Waals surface area contributed by atoms with Crippen LogP contribution in [0, 0.1) is 6.92 Å². The molecule has 2 amide bonds. The van der Waals surface area contributed by atoms with E-state index in [0.717, 1.165) is 5.56 Å². The molecule has 0 aliphatic carbocycles. The van der Waals surface area contributed by atoms with Crippen molar-refractivity contribution in [2.45, 2.75) is 6.92 Å². The number of hydrogen-bond acceptors (Lipinski definition) is 1. The third kappa shape index (κ3) is 2.43. The van der Waals surface area contributed by atoms with Gasteiger partial charge in [-0.3, -0.25) is 0 Å². The number of carbonyl (C=O) groups excluding carboxylic acids is 1. The summed E-state index contributed by atoms with van der Waals surface area (Å²) >= 11 is 5.74. The van der Waals surface area contributed by atoms with E-state index in [0.29, 0.717) is 10.7 Å². The van der Waals surface area contributed by atoms with Gasteiger partial charge in [0.2, 0.25) is 0 Å². The second-order valence-corrected chi connectivity index (χ2v) is 2.94. The zero-order valence-electron chi connectivity index (χ0n) is 6.60. The van der Waals surface area contributed by atoms with E-state index in [1.165, 1.54) is 0 Å². The molecule has 0 atom stereocenters. The highest BCUT2D eigenvalue weighted by molar-refractivity contribution is 6.31. The summed E-state index contributed by atoms with van der Waals surface area (Å²) in [5, 5.41) is 3.02. The molecule has 0 radical (unpaired) electrons. The monoisotopic (exact) mass is 184 g/mol. The van der Waals surface area contributed by atoms with Crippen LogP contribution in [0.1, 0.15) is 5.56 Å². The van der Waals surface area contributed by atoms with E-state index in [1.54, 1.807) is 18.2 Å². The molecule has 4 heteroatoms. The maximum absolute atomic E-state index is 10.5. The fourth-order valence-corrected chi connectivity index (χ4v) is 1.24. The molecule has 0 saturated carbocycles. The second kappa shape index (κ2) is 3.45. The van der Waals surface area contributed by atoms with E-state index in [9.17, 15) is 4.79 Å². The number of rotatable bonds is 1. The van der Waals surface area contributed by atoms with Gasteiger partial charge in [0.05, 0.1) is 0 Å². The average molecular weight is 185 g/mol. The van der Waals surface area contributed by atoms with Crippen LogP contribution in [0.5, 0.6) is 0 Å². The van der Waals surface area contributed by atoms with Gasteiger partial charge in [-0.25, -0.2) is 4.79 Å². The second-order valence-electron chi connectivity index (χ2n) is 2.51. The average Bonchev–Trinajstić information content (AvgIpc) is 1.81. The number of anilines is 1. The fourth-order valence-electron chi connectivity index (χ4n) is 0.951. The highest BCUT2D eigenvalue weighted by atomic mass is 35.5. The lowest BCUT2D eigenvalue weighted by Gasteiger charge is -2.02. The minimum absolute atomic E-state index is 0.582. The Morgan fingerprint density at radius 3 is 2.67 bits per heavy atom. The number of primary amides is 1. The molecule has 0 aliphatic rings. The minimum atomic E-state index is -0.586. The van der Waals surface area contributed by atoms with Crippen LogP contribution in [0.4, 0.5) is 10.5 Å². The number of urea groups is 1. The van der Waals surface area contributed by atoms with Crippen molar-refractivity contribution in [2.24, 2.45) is 5.73 Å². The fraction of sp³-hybridized carbons (Fsp3) is 0.125. The Labute approximate surface area is 75.5 Å². The topological polar surface area (TPSA) is 55.1 Å². The van der Waals surface area contributed by atoms with Crippen molar-refractivity contribution < 1.29 is 4.79 Å². The zero-order valence-corrected chi connectivity index (χ0v) is 7.35. The molecule has 3 nitrogen and oxygen atoms in total. The van der Waals surface area contributed by atoms with Gasteiger partial charge in [-0.15, -0.1) is 0 Å². The highest BCUT2D eigenvalue weighted by Gasteiger charge is 1.97. The molecule has 0 unspecified atom stereocenters. The van der Waals surface area contributed by atoms with Crippen molar-refractivity contribution in [2.75, 3.05) is 5.32 Å². The van der Waals surface area contributed by atoms with Crippen molar-refractivity contribution in [3.05, 3.63) is 28.8 Å². The van der Waals surface area contributed by atoms with Gasteiger partial charge in [0.25, 0.3) is 0 Å². The van der Waals surface area contributed by atoms with Crippen molar-refractivity contribution >= 4 is 23.3 Å². The van der Waals surface area contributed by atoms with Crippen molar-refractivity contribution in [1.82, 2.24) is 0 Å². The number of aryl methyl sites for hydroxylation is 1. The molecule has 12 heavy (non-hydrogen) atoms. The number of nitrogens with one attached hydrogen (secondary N) is 1. The lowest BCUT2D eigenvalue weighted by molar-refractivity contribution is 0.259. The molecular weight excluding hydrogens is 176 g/mol. The van der Waals surface area contributed by atoms with Gasteiger partial charge >= 0.3 is 6.03 Å². The molecule has 64 valence electrons. The molecular formula is C8H9ClN2O. The molecule has 1 aromatic rings. The molecule has 3 N–H and O–H groups in total. The summed E-state index contributed by atoms with van der Waals surface area (Å²) in [4.78, 5) is 10.5. The molecule has 1 rings (SSSR count). The third-order valence-electron chi connectivity index (χ3n) is 1.31. The first-order valence-corrected chi connectivity index (χ1v) is 3.79. The van der Waals surface area contributed by atoms with Crippen LogP contribution in [0.25, 0.3) is 0 Å². The smallest absolute Gasteiger partial charge is 0.316 e. The van der Waals surface area contributed by atoms with Crippen LogP contribution in [0.15, 0.2) is 18.2 Å². The number of hydrogen-bond donors (Lipinski definition) is 2. The first-order valence-electron chi connectivity index (χ1n) is 3.41. The number of carbonyl (C=O) groups is 1. The van der Waals surface area contributed by atoms with Crippen LogP contribution >= 0.6 is 11.6 Å². The molecule has 0 saturated heterocycles. The quantitative estimate of drug-likeness (QED) is 0.690. The van der Waals surface area contributed by atoms with E-state index in [1.807, 2.05) is 6.92 Å². The maximum atomic E-state index is 10.5. The summed E-state index contributed by atoms with van der Waals surface area (Å²) in [6.45, 7) is 1.89. The van der Waals surface area contributed by atoms with Crippen LogP contribution < -0.4 is 11.1 Å². The van der Waals surface area contributed by atoms with E-state index in [2.05, 4.69) is 5.32 Å². The standard InChI is InChI=1S/C8H9ClN2O/c1-5-2-6(9)4-7(3-5)11-8(10)12/h2-4H,1H3,(H3,10,11,12). The van der Waals surface area contributed by atoms with Gasteiger partial charge in [0, 0.05) is 10.7 Å². The van der Waals surface area contributed by atoms with Crippen molar-refractivity contribution in [1.29, 1.82) is 0 Å². The third-order valence-corrected chi connectivity index (χ3v) is 1.53. The Bertz CT molecular complexity index is 292. The Kier molecular flexibility index (Phi) is 2.55. The SMILES string of the molecule is Cc1cc(Cl)cc(NC(N)=O)c1. The molecule has 0 heterocycles. The van der Waals surface area contributed by atoms with Crippen LogP contribution in [-0.4, -0.2) is 6.03 Å². The van der Waals surface area contributed by atoms with E-state index >= 15 is 0 Å². The van der Waals surface area contributed by atoms with Crippen molar-refractivity contribution in [3.8, 4) is 0 Å². The zero-order chi connectivity index (χ0) is 9.14. The normalized spacial score (nSPS) is 9.50. The Morgan fingerprint density at radius 2 is 2.17 bits per heavy atom. The van der Waals surface area contributed by atoms with Gasteiger partial charge in [-0.1, -0.05) is 11.6 Å². The summed E-state index contributed by atoms with van der Waals surface area (Å²) < 4.78 is 0.